The van der Waals surface area contributed by atoms with Crippen LogP contribution in [0.15, 0.2) is 4.99 Å². The van der Waals surface area contributed by atoms with E-state index in [1.165, 1.54) is 11.8 Å². The summed E-state index contributed by atoms with van der Waals surface area (Å²) in [5.41, 5.74) is 0. The van der Waals surface area contributed by atoms with E-state index in [4.69, 9.17) is 0 Å². The molecule has 1 N–H and O–H groups in total. The lowest BCUT2D eigenvalue weighted by molar-refractivity contribution is -0.132. The molecule has 13 heavy (non-hydrogen) atoms. The smallest absolute Gasteiger partial charge is 0.365 e. The largest absolute Gasteiger partial charge is 0.390 e. The number of alkyl halides is 3. The summed E-state index contributed by atoms with van der Waals surface area (Å²) in [5, 5.41) is 3.68. The van der Waals surface area contributed by atoms with Crippen LogP contribution in [0.2, 0.25) is 0 Å². The summed E-state index contributed by atoms with van der Waals surface area (Å²) in [7, 11) is 0. The third kappa shape index (κ3) is 4.40. The third-order valence-electron chi connectivity index (χ3n) is 1.49. The molecule has 1 unspecified atom stereocenters. The van der Waals surface area contributed by atoms with Crippen LogP contribution in [-0.4, -0.2) is 29.7 Å². The topological polar surface area (TPSA) is 24.4 Å². The van der Waals surface area contributed by atoms with Crippen molar-refractivity contribution in [3.05, 3.63) is 0 Å². The Hall–Kier alpha value is -0.390. The number of halogens is 3. The SMILES string of the molecule is CC1CN=C(NCCC(F)(F)F)S1. The van der Waals surface area contributed by atoms with E-state index in [0.29, 0.717) is 17.0 Å². The zero-order chi connectivity index (χ0) is 9.90. The average molecular weight is 212 g/mol. The Labute approximate surface area is 79.0 Å². The summed E-state index contributed by atoms with van der Waals surface area (Å²) >= 11 is 1.49. The standard InChI is InChI=1S/C7H11F3N2S/c1-5-4-12-6(13-5)11-3-2-7(8,9)10/h5H,2-4H2,1H3,(H,11,12). The van der Waals surface area contributed by atoms with Crippen LogP contribution >= 0.6 is 11.8 Å². The molecule has 0 fully saturated rings. The van der Waals surface area contributed by atoms with Gasteiger partial charge < -0.3 is 5.32 Å². The normalized spacial score (nSPS) is 23.1. The van der Waals surface area contributed by atoms with Crippen molar-refractivity contribution in [1.82, 2.24) is 5.32 Å². The first-order chi connectivity index (χ1) is 5.97. The number of amidine groups is 1. The molecule has 0 aromatic carbocycles. The molecule has 0 aromatic rings. The van der Waals surface area contributed by atoms with Crippen LogP contribution in [0.1, 0.15) is 13.3 Å². The number of hydrogen-bond acceptors (Lipinski definition) is 3. The molecular weight excluding hydrogens is 201 g/mol. The fourth-order valence-corrected chi connectivity index (χ4v) is 1.75. The van der Waals surface area contributed by atoms with Crippen LogP contribution in [0.3, 0.4) is 0 Å². The van der Waals surface area contributed by atoms with Crippen molar-refractivity contribution in [1.29, 1.82) is 0 Å². The molecule has 1 heterocycles. The van der Waals surface area contributed by atoms with Gasteiger partial charge in [-0.1, -0.05) is 18.7 Å². The number of thioether (sulfide) groups is 1. The van der Waals surface area contributed by atoms with Gasteiger partial charge in [-0.05, 0) is 0 Å². The summed E-state index contributed by atoms with van der Waals surface area (Å²) in [5.74, 6) is 0. The van der Waals surface area contributed by atoms with Gasteiger partial charge in [-0.3, -0.25) is 4.99 Å². The van der Waals surface area contributed by atoms with Crippen LogP contribution in [0.25, 0.3) is 0 Å². The predicted octanol–water partition coefficient (Wildman–Crippen LogP) is 2.02. The molecule has 1 atom stereocenters. The van der Waals surface area contributed by atoms with E-state index in [0.717, 1.165) is 0 Å². The molecule has 1 aliphatic rings. The summed E-state index contributed by atoms with van der Waals surface area (Å²) in [6, 6.07) is 0. The van der Waals surface area contributed by atoms with Crippen molar-refractivity contribution in [2.45, 2.75) is 24.8 Å². The lowest BCUT2D eigenvalue weighted by Gasteiger charge is -2.08. The van der Waals surface area contributed by atoms with Crippen molar-refractivity contribution in [2.24, 2.45) is 4.99 Å². The highest BCUT2D eigenvalue weighted by Crippen LogP contribution is 2.20. The highest BCUT2D eigenvalue weighted by atomic mass is 32.2. The number of nitrogens with one attached hydrogen (secondary N) is 1. The van der Waals surface area contributed by atoms with Gasteiger partial charge in [0.1, 0.15) is 0 Å². The number of rotatable bonds is 2. The maximum atomic E-state index is 11.7. The van der Waals surface area contributed by atoms with E-state index in [-0.39, 0.29) is 6.54 Å². The molecule has 0 aliphatic carbocycles. The third-order valence-corrected chi connectivity index (χ3v) is 2.54. The molecule has 0 saturated heterocycles. The maximum Gasteiger partial charge on any atom is 0.390 e. The van der Waals surface area contributed by atoms with Gasteiger partial charge in [0.25, 0.3) is 0 Å². The molecule has 6 heteroatoms. The van der Waals surface area contributed by atoms with Crippen molar-refractivity contribution in [3.63, 3.8) is 0 Å². The summed E-state index contributed by atoms with van der Waals surface area (Å²) in [4.78, 5) is 4.04. The molecular formula is C7H11F3N2S. The minimum absolute atomic E-state index is 0.0813. The van der Waals surface area contributed by atoms with Gasteiger partial charge in [0.05, 0.1) is 13.0 Å². The van der Waals surface area contributed by atoms with Crippen LogP contribution in [-0.2, 0) is 0 Å². The minimum Gasteiger partial charge on any atom is -0.365 e. The number of aliphatic imine (C=N–C) groups is 1. The van der Waals surface area contributed by atoms with Gasteiger partial charge >= 0.3 is 6.18 Å². The van der Waals surface area contributed by atoms with E-state index >= 15 is 0 Å². The molecule has 1 aliphatic heterocycles. The lowest BCUT2D eigenvalue weighted by atomic mass is 10.4. The van der Waals surface area contributed by atoms with Gasteiger partial charge in [0.15, 0.2) is 5.17 Å². The zero-order valence-electron chi connectivity index (χ0n) is 7.19. The van der Waals surface area contributed by atoms with Gasteiger partial charge in [-0.25, -0.2) is 0 Å². The second-order valence-electron chi connectivity index (χ2n) is 2.87. The lowest BCUT2D eigenvalue weighted by Crippen LogP contribution is -2.25. The average Bonchev–Trinajstić information content (AvgIpc) is 2.33. The molecule has 2 nitrogen and oxygen atoms in total. The van der Waals surface area contributed by atoms with Crippen LogP contribution in [0.4, 0.5) is 13.2 Å². The number of nitrogens with zero attached hydrogens (tertiary/aromatic N) is 1. The van der Waals surface area contributed by atoms with E-state index in [1.807, 2.05) is 6.92 Å². The molecule has 0 amide bonds. The van der Waals surface area contributed by atoms with E-state index in [1.54, 1.807) is 0 Å². The molecule has 0 aromatic heterocycles. The number of hydrogen-bond donors (Lipinski definition) is 1. The quantitative estimate of drug-likeness (QED) is 0.757. The highest BCUT2D eigenvalue weighted by molar-refractivity contribution is 8.14. The summed E-state index contributed by atoms with van der Waals surface area (Å²) in [6.45, 7) is 2.60. The Kier molecular flexibility index (Phi) is 3.47. The highest BCUT2D eigenvalue weighted by Gasteiger charge is 2.26. The Morgan fingerprint density at radius 2 is 2.31 bits per heavy atom. The molecule has 0 spiro atoms. The predicted molar refractivity (Wildman–Crippen MR) is 48.0 cm³/mol. The molecule has 0 saturated carbocycles. The van der Waals surface area contributed by atoms with Crippen molar-refractivity contribution in [2.75, 3.05) is 13.1 Å². The van der Waals surface area contributed by atoms with Crippen molar-refractivity contribution in [3.8, 4) is 0 Å². The van der Waals surface area contributed by atoms with Crippen LogP contribution in [0, 0.1) is 0 Å². The fourth-order valence-electron chi connectivity index (χ4n) is 0.885. The van der Waals surface area contributed by atoms with Gasteiger partial charge in [0, 0.05) is 11.8 Å². The molecule has 0 bridgehead atoms. The maximum absolute atomic E-state index is 11.7. The van der Waals surface area contributed by atoms with Crippen molar-refractivity contribution >= 4 is 16.9 Å². The van der Waals surface area contributed by atoms with E-state index in [9.17, 15) is 13.2 Å². The first kappa shape index (κ1) is 10.7. The van der Waals surface area contributed by atoms with Gasteiger partial charge in [-0.2, -0.15) is 13.2 Å². The Balaban J connectivity index is 2.14. The van der Waals surface area contributed by atoms with Gasteiger partial charge in [0.2, 0.25) is 0 Å². The van der Waals surface area contributed by atoms with Crippen LogP contribution < -0.4 is 5.32 Å². The monoisotopic (exact) mass is 212 g/mol. The zero-order valence-corrected chi connectivity index (χ0v) is 8.00. The van der Waals surface area contributed by atoms with E-state index in [2.05, 4.69) is 10.3 Å². The fraction of sp³-hybridized carbons (Fsp3) is 0.857. The molecule has 76 valence electrons. The second kappa shape index (κ2) is 4.21. The second-order valence-corrected chi connectivity index (χ2v) is 4.29. The summed E-state index contributed by atoms with van der Waals surface area (Å²) < 4.78 is 35.2. The first-order valence-corrected chi connectivity index (χ1v) is 4.87. The Morgan fingerprint density at radius 1 is 1.62 bits per heavy atom. The van der Waals surface area contributed by atoms with E-state index < -0.39 is 12.6 Å². The van der Waals surface area contributed by atoms with Crippen molar-refractivity contribution < 1.29 is 13.2 Å². The first-order valence-electron chi connectivity index (χ1n) is 3.99. The van der Waals surface area contributed by atoms with Gasteiger partial charge in [-0.15, -0.1) is 0 Å². The Bertz CT molecular complexity index is 202. The Morgan fingerprint density at radius 3 is 2.77 bits per heavy atom. The molecule has 1 rings (SSSR count). The van der Waals surface area contributed by atoms with Crippen LogP contribution in [0.5, 0.6) is 0 Å². The summed E-state index contributed by atoms with van der Waals surface area (Å²) in [6.07, 6.45) is -4.89. The minimum atomic E-state index is -4.08. The molecule has 0 radical (unpaired) electrons.